The van der Waals surface area contributed by atoms with E-state index in [0.29, 0.717) is 5.95 Å². The molecule has 0 saturated heterocycles. The molecule has 0 aliphatic rings. The van der Waals surface area contributed by atoms with Crippen LogP contribution in [0.25, 0.3) is 82.6 Å². The lowest BCUT2D eigenvalue weighted by Gasteiger charge is -2.12. The summed E-state index contributed by atoms with van der Waals surface area (Å²) in [6.07, 6.45) is 0. The second-order valence-electron chi connectivity index (χ2n) is 10.2. The van der Waals surface area contributed by atoms with Crippen LogP contribution in [0.1, 0.15) is 0 Å². The standard InChI is InChI=1S/C36H21N3O/c1-2-10-22(11-3-1)34-27-18-19-31-33(28-20-23-12-4-5-13-24(23)21-32(28)40-31)35(27)38-36(37-34)39-29-16-8-6-14-25(29)26-15-7-9-17-30(26)39/h1-21H. The molecule has 9 rings (SSSR count). The average molecular weight is 512 g/mol. The van der Waals surface area contributed by atoms with Crippen LogP contribution >= 0.6 is 0 Å². The van der Waals surface area contributed by atoms with Crippen molar-refractivity contribution in [2.75, 3.05) is 0 Å². The maximum Gasteiger partial charge on any atom is 0.235 e. The number of hydrogen-bond donors (Lipinski definition) is 0. The monoisotopic (exact) mass is 511 g/mol. The Labute approximate surface area is 228 Å². The Bertz CT molecular complexity index is 2380. The minimum absolute atomic E-state index is 0.645. The molecule has 0 unspecified atom stereocenters. The third-order valence-electron chi connectivity index (χ3n) is 7.98. The molecular formula is C36H21N3O. The zero-order valence-corrected chi connectivity index (χ0v) is 21.4. The number of aromatic nitrogens is 3. The lowest BCUT2D eigenvalue weighted by atomic mass is 10.0. The Balaban J connectivity index is 1.48. The van der Waals surface area contributed by atoms with E-state index < -0.39 is 0 Å². The normalized spacial score (nSPS) is 12.0. The minimum atomic E-state index is 0.645. The molecule has 0 saturated carbocycles. The molecule has 0 radical (unpaired) electrons. The van der Waals surface area contributed by atoms with Crippen LogP contribution in [0.2, 0.25) is 0 Å². The first kappa shape index (κ1) is 21.5. The number of rotatable bonds is 2. The molecule has 3 aromatic heterocycles. The smallest absolute Gasteiger partial charge is 0.235 e. The van der Waals surface area contributed by atoms with Gasteiger partial charge in [-0.15, -0.1) is 0 Å². The molecule has 4 heteroatoms. The van der Waals surface area contributed by atoms with Gasteiger partial charge in [-0.1, -0.05) is 91.0 Å². The number of fused-ring (bicyclic) bond motifs is 9. The van der Waals surface area contributed by atoms with Gasteiger partial charge in [-0.3, -0.25) is 4.57 Å². The Kier molecular flexibility index (Phi) is 4.30. The van der Waals surface area contributed by atoms with Gasteiger partial charge in [0.1, 0.15) is 11.2 Å². The zero-order valence-electron chi connectivity index (χ0n) is 21.4. The number of benzene rings is 6. The average Bonchev–Trinajstić information content (AvgIpc) is 3.55. The van der Waals surface area contributed by atoms with E-state index in [1.165, 1.54) is 16.2 Å². The van der Waals surface area contributed by atoms with Gasteiger partial charge in [0, 0.05) is 27.1 Å². The minimum Gasteiger partial charge on any atom is -0.456 e. The molecule has 0 aliphatic carbocycles. The van der Waals surface area contributed by atoms with Crippen LogP contribution in [-0.4, -0.2) is 14.5 Å². The van der Waals surface area contributed by atoms with Crippen LogP contribution < -0.4 is 0 Å². The van der Waals surface area contributed by atoms with Crippen molar-refractivity contribution >= 4 is 65.4 Å². The van der Waals surface area contributed by atoms with E-state index in [1.807, 2.05) is 6.07 Å². The molecule has 0 amide bonds. The molecular weight excluding hydrogens is 490 g/mol. The van der Waals surface area contributed by atoms with E-state index in [1.54, 1.807) is 0 Å². The molecule has 9 aromatic rings. The molecule has 0 atom stereocenters. The van der Waals surface area contributed by atoms with Crippen LogP contribution in [0.15, 0.2) is 132 Å². The summed E-state index contributed by atoms with van der Waals surface area (Å²) >= 11 is 0. The number of hydrogen-bond acceptors (Lipinski definition) is 3. The maximum absolute atomic E-state index is 6.42. The number of para-hydroxylation sites is 2. The highest BCUT2D eigenvalue weighted by Crippen LogP contribution is 2.39. The van der Waals surface area contributed by atoms with Crippen molar-refractivity contribution < 1.29 is 4.42 Å². The van der Waals surface area contributed by atoms with Crippen molar-refractivity contribution in [3.63, 3.8) is 0 Å². The second kappa shape index (κ2) is 8.01. The zero-order chi connectivity index (χ0) is 26.2. The first-order valence-electron chi connectivity index (χ1n) is 13.4. The van der Waals surface area contributed by atoms with E-state index >= 15 is 0 Å². The summed E-state index contributed by atoms with van der Waals surface area (Å²) in [6.45, 7) is 0. The van der Waals surface area contributed by atoms with E-state index in [2.05, 4.69) is 126 Å². The first-order valence-corrected chi connectivity index (χ1v) is 13.4. The lowest BCUT2D eigenvalue weighted by molar-refractivity contribution is 0.669. The van der Waals surface area contributed by atoms with Gasteiger partial charge in [-0.05, 0) is 47.2 Å². The highest BCUT2D eigenvalue weighted by molar-refractivity contribution is 6.21. The predicted molar refractivity (Wildman–Crippen MR) is 164 cm³/mol. The quantitative estimate of drug-likeness (QED) is 0.232. The first-order chi connectivity index (χ1) is 19.8. The summed E-state index contributed by atoms with van der Waals surface area (Å²) < 4.78 is 8.61. The molecule has 0 aliphatic heterocycles. The van der Waals surface area contributed by atoms with E-state index in [0.717, 1.165) is 60.5 Å². The molecule has 3 heterocycles. The van der Waals surface area contributed by atoms with Crippen molar-refractivity contribution in [3.05, 3.63) is 127 Å². The highest BCUT2D eigenvalue weighted by Gasteiger charge is 2.20. The topological polar surface area (TPSA) is 43.9 Å². The SMILES string of the molecule is c1ccc(-c2nc(-n3c4ccccc4c4ccccc43)nc3c2ccc2oc4cc5ccccc5cc4c23)cc1. The molecule has 40 heavy (non-hydrogen) atoms. The molecule has 0 bridgehead atoms. The Morgan fingerprint density at radius 3 is 1.90 bits per heavy atom. The van der Waals surface area contributed by atoms with Gasteiger partial charge < -0.3 is 4.42 Å². The lowest BCUT2D eigenvalue weighted by Crippen LogP contribution is -2.03. The molecule has 0 fully saturated rings. The second-order valence-corrected chi connectivity index (χ2v) is 10.2. The third-order valence-corrected chi connectivity index (χ3v) is 7.98. The fourth-order valence-corrected chi connectivity index (χ4v) is 6.18. The van der Waals surface area contributed by atoms with Crippen molar-refractivity contribution in [1.29, 1.82) is 0 Å². The Hall–Kier alpha value is -5.48. The van der Waals surface area contributed by atoms with Gasteiger partial charge in [-0.2, -0.15) is 0 Å². The predicted octanol–water partition coefficient (Wildman–Crippen LogP) is 9.45. The number of nitrogens with zero attached hydrogens (tertiary/aromatic N) is 3. The molecule has 0 N–H and O–H groups in total. The molecule has 0 spiro atoms. The molecule has 6 aromatic carbocycles. The van der Waals surface area contributed by atoms with Crippen LogP contribution in [0, 0.1) is 0 Å². The van der Waals surface area contributed by atoms with Gasteiger partial charge in [0.2, 0.25) is 5.95 Å². The van der Waals surface area contributed by atoms with Crippen molar-refractivity contribution in [1.82, 2.24) is 14.5 Å². The van der Waals surface area contributed by atoms with Crippen LogP contribution in [-0.2, 0) is 0 Å². The van der Waals surface area contributed by atoms with Crippen LogP contribution in [0.4, 0.5) is 0 Å². The summed E-state index contributed by atoms with van der Waals surface area (Å²) in [4.78, 5) is 10.6. The summed E-state index contributed by atoms with van der Waals surface area (Å²) in [5.74, 6) is 0.645. The molecule has 186 valence electrons. The maximum atomic E-state index is 6.42. The van der Waals surface area contributed by atoms with Gasteiger partial charge >= 0.3 is 0 Å². The Morgan fingerprint density at radius 1 is 0.500 bits per heavy atom. The summed E-state index contributed by atoms with van der Waals surface area (Å²) in [7, 11) is 0. The van der Waals surface area contributed by atoms with E-state index in [-0.39, 0.29) is 0 Å². The Morgan fingerprint density at radius 2 is 1.15 bits per heavy atom. The number of furan rings is 1. The van der Waals surface area contributed by atoms with E-state index in [4.69, 9.17) is 14.4 Å². The van der Waals surface area contributed by atoms with Gasteiger partial charge in [0.15, 0.2) is 0 Å². The summed E-state index contributed by atoms with van der Waals surface area (Å²) in [5.41, 5.74) is 6.68. The third kappa shape index (κ3) is 2.96. The van der Waals surface area contributed by atoms with Crippen LogP contribution in [0.5, 0.6) is 0 Å². The summed E-state index contributed by atoms with van der Waals surface area (Å²) in [5, 5.41) is 7.77. The van der Waals surface area contributed by atoms with Gasteiger partial charge in [0.25, 0.3) is 0 Å². The fourth-order valence-electron chi connectivity index (χ4n) is 6.18. The van der Waals surface area contributed by atoms with Crippen molar-refractivity contribution in [3.8, 4) is 17.2 Å². The van der Waals surface area contributed by atoms with Crippen molar-refractivity contribution in [2.45, 2.75) is 0 Å². The van der Waals surface area contributed by atoms with E-state index in [9.17, 15) is 0 Å². The van der Waals surface area contributed by atoms with Gasteiger partial charge in [-0.25, -0.2) is 9.97 Å². The highest BCUT2D eigenvalue weighted by atomic mass is 16.3. The fraction of sp³-hybridized carbons (Fsp3) is 0. The van der Waals surface area contributed by atoms with Crippen LogP contribution in [0.3, 0.4) is 0 Å². The largest absolute Gasteiger partial charge is 0.456 e. The molecule has 4 nitrogen and oxygen atoms in total. The summed E-state index contributed by atoms with van der Waals surface area (Å²) in [6, 6.07) is 44.2. The van der Waals surface area contributed by atoms with Crippen molar-refractivity contribution in [2.24, 2.45) is 0 Å². The van der Waals surface area contributed by atoms with Gasteiger partial charge in [0.05, 0.1) is 27.6 Å².